The predicted octanol–water partition coefficient (Wildman–Crippen LogP) is 3.53. The summed E-state index contributed by atoms with van der Waals surface area (Å²) < 4.78 is 24.5. The van der Waals surface area contributed by atoms with E-state index in [9.17, 15) is 8.42 Å². The Bertz CT molecular complexity index is 706. The van der Waals surface area contributed by atoms with Gasteiger partial charge in [-0.2, -0.15) is 0 Å². The summed E-state index contributed by atoms with van der Waals surface area (Å²) in [6.45, 7) is 4.31. The van der Waals surface area contributed by atoms with Gasteiger partial charge in [-0.1, -0.05) is 23.9 Å². The zero-order valence-corrected chi connectivity index (χ0v) is 14.4. The van der Waals surface area contributed by atoms with Crippen molar-refractivity contribution in [3.05, 3.63) is 24.3 Å². The first-order valence-electron chi connectivity index (χ1n) is 7.16. The van der Waals surface area contributed by atoms with Gasteiger partial charge in [0, 0.05) is 23.8 Å². The lowest BCUT2D eigenvalue weighted by Gasteiger charge is -2.12. The van der Waals surface area contributed by atoms with E-state index < -0.39 is 9.84 Å². The van der Waals surface area contributed by atoms with Crippen molar-refractivity contribution in [1.29, 1.82) is 0 Å². The number of benzene rings is 1. The maximum atomic E-state index is 11.1. The average molecular weight is 326 g/mol. The smallest absolute Gasteiger partial charge is 0.169 e. The first kappa shape index (κ1) is 16.4. The Labute approximate surface area is 130 Å². The van der Waals surface area contributed by atoms with Gasteiger partial charge >= 0.3 is 0 Å². The Morgan fingerprint density at radius 2 is 1.95 bits per heavy atom. The number of sulfone groups is 1. The lowest BCUT2D eigenvalue weighted by atomic mass is 10.3. The van der Waals surface area contributed by atoms with E-state index in [0.29, 0.717) is 12.5 Å². The normalized spacial score (nSPS) is 12.4. The van der Waals surface area contributed by atoms with E-state index in [4.69, 9.17) is 0 Å². The van der Waals surface area contributed by atoms with E-state index in [1.165, 1.54) is 6.26 Å². The molecule has 2 aromatic rings. The molecule has 1 heterocycles. The van der Waals surface area contributed by atoms with Crippen molar-refractivity contribution in [2.45, 2.75) is 37.9 Å². The zero-order valence-electron chi connectivity index (χ0n) is 12.7. The SMILES string of the molecule is CC(C)n1c(SCCCCS(C)(=O)=O)nc2ccccc21. The highest BCUT2D eigenvalue weighted by Gasteiger charge is 2.13. The van der Waals surface area contributed by atoms with Crippen LogP contribution in [0.2, 0.25) is 0 Å². The summed E-state index contributed by atoms with van der Waals surface area (Å²) in [6, 6.07) is 8.51. The van der Waals surface area contributed by atoms with Gasteiger partial charge in [-0.25, -0.2) is 13.4 Å². The minimum atomic E-state index is -2.84. The van der Waals surface area contributed by atoms with Crippen molar-refractivity contribution in [2.75, 3.05) is 17.8 Å². The molecule has 0 bridgehead atoms. The number of aromatic nitrogens is 2. The third-order valence-electron chi connectivity index (χ3n) is 3.22. The van der Waals surface area contributed by atoms with Gasteiger partial charge in [-0.15, -0.1) is 0 Å². The number of rotatable bonds is 7. The highest BCUT2D eigenvalue weighted by Crippen LogP contribution is 2.28. The van der Waals surface area contributed by atoms with E-state index in [1.54, 1.807) is 11.8 Å². The second kappa shape index (κ2) is 6.83. The van der Waals surface area contributed by atoms with Crippen LogP contribution in [0.5, 0.6) is 0 Å². The molecule has 6 heteroatoms. The molecule has 0 saturated heterocycles. The molecule has 0 radical (unpaired) electrons. The minimum absolute atomic E-state index is 0.272. The van der Waals surface area contributed by atoms with E-state index in [-0.39, 0.29) is 5.75 Å². The Hall–Kier alpha value is -1.01. The molecule has 0 N–H and O–H groups in total. The fraction of sp³-hybridized carbons (Fsp3) is 0.533. The number of fused-ring (bicyclic) bond motifs is 1. The molecule has 1 aromatic heterocycles. The Morgan fingerprint density at radius 3 is 2.62 bits per heavy atom. The molecule has 0 aliphatic heterocycles. The van der Waals surface area contributed by atoms with Crippen LogP contribution in [-0.2, 0) is 9.84 Å². The van der Waals surface area contributed by atoms with Crippen LogP contribution in [0.4, 0.5) is 0 Å². The molecule has 21 heavy (non-hydrogen) atoms. The topological polar surface area (TPSA) is 52.0 Å². The number of unbranched alkanes of at least 4 members (excludes halogenated alkanes) is 1. The number of para-hydroxylation sites is 2. The molecule has 2 rings (SSSR count). The predicted molar refractivity (Wildman–Crippen MR) is 89.8 cm³/mol. The van der Waals surface area contributed by atoms with Crippen LogP contribution >= 0.6 is 11.8 Å². The lowest BCUT2D eigenvalue weighted by Crippen LogP contribution is -2.04. The van der Waals surface area contributed by atoms with Crippen LogP contribution in [-0.4, -0.2) is 35.7 Å². The number of hydrogen-bond acceptors (Lipinski definition) is 4. The van der Waals surface area contributed by atoms with Crippen molar-refractivity contribution >= 4 is 32.6 Å². The molecule has 116 valence electrons. The number of thioether (sulfide) groups is 1. The molecule has 0 amide bonds. The van der Waals surface area contributed by atoms with Crippen molar-refractivity contribution in [3.63, 3.8) is 0 Å². The summed E-state index contributed by atoms with van der Waals surface area (Å²) in [6.07, 6.45) is 2.89. The zero-order chi connectivity index (χ0) is 15.5. The van der Waals surface area contributed by atoms with Crippen LogP contribution in [0.15, 0.2) is 29.4 Å². The largest absolute Gasteiger partial charge is 0.316 e. The second-order valence-electron chi connectivity index (χ2n) is 5.53. The summed E-state index contributed by atoms with van der Waals surface area (Å²) in [5.41, 5.74) is 2.18. The van der Waals surface area contributed by atoms with Gasteiger partial charge < -0.3 is 4.57 Å². The Kier molecular flexibility index (Phi) is 5.32. The highest BCUT2D eigenvalue weighted by atomic mass is 32.2. The quantitative estimate of drug-likeness (QED) is 0.577. The van der Waals surface area contributed by atoms with Crippen LogP contribution in [0, 0.1) is 0 Å². The van der Waals surface area contributed by atoms with Gasteiger partial charge in [0.2, 0.25) is 0 Å². The Balaban J connectivity index is 2.03. The number of nitrogens with zero attached hydrogens (tertiary/aromatic N) is 2. The molecular weight excluding hydrogens is 304 g/mol. The molecule has 0 saturated carbocycles. The molecular formula is C15H22N2O2S2. The van der Waals surface area contributed by atoms with Crippen LogP contribution in [0.1, 0.15) is 32.7 Å². The highest BCUT2D eigenvalue weighted by molar-refractivity contribution is 7.99. The van der Waals surface area contributed by atoms with E-state index in [2.05, 4.69) is 29.5 Å². The summed E-state index contributed by atoms with van der Waals surface area (Å²) in [5, 5.41) is 1.02. The average Bonchev–Trinajstić information content (AvgIpc) is 2.75. The first-order chi connectivity index (χ1) is 9.88. The van der Waals surface area contributed by atoms with Gasteiger partial charge in [0.15, 0.2) is 5.16 Å². The van der Waals surface area contributed by atoms with Gasteiger partial charge in [0.25, 0.3) is 0 Å². The lowest BCUT2D eigenvalue weighted by molar-refractivity contribution is 0.566. The summed E-state index contributed by atoms with van der Waals surface area (Å²) in [5.74, 6) is 1.17. The molecule has 0 aliphatic carbocycles. The van der Waals surface area contributed by atoms with E-state index >= 15 is 0 Å². The van der Waals surface area contributed by atoms with E-state index in [1.807, 2.05) is 18.2 Å². The molecule has 0 aliphatic rings. The molecule has 0 spiro atoms. The van der Waals surface area contributed by atoms with Crippen molar-refractivity contribution in [1.82, 2.24) is 9.55 Å². The van der Waals surface area contributed by atoms with Crippen molar-refractivity contribution < 1.29 is 8.42 Å². The maximum Gasteiger partial charge on any atom is 0.169 e. The fourth-order valence-electron chi connectivity index (χ4n) is 2.25. The summed E-state index contributed by atoms with van der Waals surface area (Å²) >= 11 is 1.71. The third-order valence-corrected chi connectivity index (χ3v) is 5.29. The Morgan fingerprint density at radius 1 is 1.24 bits per heavy atom. The molecule has 0 unspecified atom stereocenters. The van der Waals surface area contributed by atoms with Crippen LogP contribution in [0.3, 0.4) is 0 Å². The third kappa shape index (κ3) is 4.48. The molecule has 4 nitrogen and oxygen atoms in total. The van der Waals surface area contributed by atoms with Crippen molar-refractivity contribution in [3.8, 4) is 0 Å². The van der Waals surface area contributed by atoms with Gasteiger partial charge in [0.05, 0.1) is 11.0 Å². The number of imidazole rings is 1. The standard InChI is InChI=1S/C15H22N2O2S2/c1-12(2)17-14-9-5-4-8-13(14)16-15(17)20-10-6-7-11-21(3,18)19/h4-5,8-9,12H,6-7,10-11H2,1-3H3. The van der Waals surface area contributed by atoms with Crippen LogP contribution in [0.25, 0.3) is 11.0 Å². The molecule has 1 aromatic carbocycles. The van der Waals surface area contributed by atoms with Gasteiger partial charge in [-0.3, -0.25) is 0 Å². The fourth-order valence-corrected chi connectivity index (χ4v) is 4.12. The van der Waals surface area contributed by atoms with Crippen molar-refractivity contribution in [2.24, 2.45) is 0 Å². The first-order valence-corrected chi connectivity index (χ1v) is 10.2. The summed E-state index contributed by atoms with van der Waals surface area (Å²) in [7, 11) is -2.84. The van der Waals surface area contributed by atoms with E-state index in [0.717, 1.165) is 28.4 Å². The van der Waals surface area contributed by atoms with Crippen LogP contribution < -0.4 is 0 Å². The monoisotopic (exact) mass is 326 g/mol. The summed E-state index contributed by atoms with van der Waals surface area (Å²) in [4.78, 5) is 4.69. The van der Waals surface area contributed by atoms with Gasteiger partial charge in [0.1, 0.15) is 9.84 Å². The molecule has 0 atom stereocenters. The minimum Gasteiger partial charge on any atom is -0.316 e. The van der Waals surface area contributed by atoms with Gasteiger partial charge in [-0.05, 0) is 38.8 Å². The second-order valence-corrected chi connectivity index (χ2v) is 8.85. The molecule has 0 fully saturated rings. The number of hydrogen-bond donors (Lipinski definition) is 0. The maximum absolute atomic E-state index is 11.1.